The van der Waals surface area contributed by atoms with Crippen LogP contribution in [0.15, 0.2) is 18.2 Å². The highest BCUT2D eigenvalue weighted by Gasteiger charge is 2.09. The molecule has 0 aliphatic carbocycles. The van der Waals surface area contributed by atoms with Gasteiger partial charge in [0.2, 0.25) is 0 Å². The van der Waals surface area contributed by atoms with E-state index in [4.69, 9.17) is 11.6 Å². The summed E-state index contributed by atoms with van der Waals surface area (Å²) in [6.07, 6.45) is 1.15. The molecular formula is C15H26ClN3. The monoisotopic (exact) mass is 283 g/mol. The molecule has 1 aromatic rings. The summed E-state index contributed by atoms with van der Waals surface area (Å²) in [4.78, 5) is 4.56. The molecule has 0 radical (unpaired) electrons. The maximum atomic E-state index is 6.40. The van der Waals surface area contributed by atoms with E-state index >= 15 is 0 Å². The molecule has 3 nitrogen and oxygen atoms in total. The Hall–Kier alpha value is -0.770. The number of hydrogen-bond donors (Lipinski definition) is 1. The zero-order chi connectivity index (χ0) is 14.3. The van der Waals surface area contributed by atoms with E-state index in [9.17, 15) is 0 Å². The van der Waals surface area contributed by atoms with Gasteiger partial charge in [-0.15, -0.1) is 0 Å². The van der Waals surface area contributed by atoms with E-state index in [1.165, 1.54) is 5.56 Å². The molecule has 0 bridgehead atoms. The van der Waals surface area contributed by atoms with Gasteiger partial charge in [-0.05, 0) is 58.7 Å². The van der Waals surface area contributed by atoms with Crippen molar-refractivity contribution in [3.63, 3.8) is 0 Å². The molecule has 0 saturated carbocycles. The number of halogens is 1. The lowest BCUT2D eigenvalue weighted by Crippen LogP contribution is -2.27. The Morgan fingerprint density at radius 1 is 1.21 bits per heavy atom. The molecule has 4 heteroatoms. The molecule has 0 aliphatic rings. The highest BCUT2D eigenvalue weighted by atomic mass is 35.5. The second-order valence-electron chi connectivity index (χ2n) is 5.05. The third-order valence-electron chi connectivity index (χ3n) is 3.15. The van der Waals surface area contributed by atoms with E-state index in [2.05, 4.69) is 54.3 Å². The van der Waals surface area contributed by atoms with Crippen LogP contribution in [-0.2, 0) is 6.54 Å². The average Bonchev–Trinajstić information content (AvgIpc) is 2.36. The standard InChI is InChI=1S/C15H26ClN3/c1-5-19(10-6-9-18(3)4)15-8-7-13(12-17-2)11-14(15)16/h7-8,11,17H,5-6,9-10,12H2,1-4H3. The summed E-state index contributed by atoms with van der Waals surface area (Å²) in [5, 5.41) is 3.99. The molecule has 0 atom stereocenters. The summed E-state index contributed by atoms with van der Waals surface area (Å²) in [6, 6.07) is 6.34. The number of nitrogens with one attached hydrogen (secondary N) is 1. The summed E-state index contributed by atoms with van der Waals surface area (Å²) in [6.45, 7) is 6.16. The van der Waals surface area contributed by atoms with Crippen LogP contribution < -0.4 is 10.2 Å². The smallest absolute Gasteiger partial charge is 0.0642 e. The van der Waals surface area contributed by atoms with Gasteiger partial charge in [-0.25, -0.2) is 0 Å². The van der Waals surface area contributed by atoms with Gasteiger partial charge in [-0.1, -0.05) is 17.7 Å². The average molecular weight is 284 g/mol. The Morgan fingerprint density at radius 3 is 2.47 bits per heavy atom. The summed E-state index contributed by atoms with van der Waals surface area (Å²) >= 11 is 6.40. The Labute approximate surface area is 122 Å². The van der Waals surface area contributed by atoms with Crippen LogP contribution in [0.4, 0.5) is 5.69 Å². The normalized spacial score (nSPS) is 11.1. The first-order valence-electron chi connectivity index (χ1n) is 6.91. The van der Waals surface area contributed by atoms with Crippen molar-refractivity contribution in [2.45, 2.75) is 19.9 Å². The van der Waals surface area contributed by atoms with Crippen molar-refractivity contribution in [3.8, 4) is 0 Å². The Morgan fingerprint density at radius 2 is 1.95 bits per heavy atom. The lowest BCUT2D eigenvalue weighted by Gasteiger charge is -2.25. The molecule has 0 fully saturated rings. The van der Waals surface area contributed by atoms with Crippen LogP contribution in [0, 0.1) is 0 Å². The van der Waals surface area contributed by atoms with E-state index in [-0.39, 0.29) is 0 Å². The van der Waals surface area contributed by atoms with E-state index in [0.717, 1.165) is 43.3 Å². The molecule has 0 amide bonds. The van der Waals surface area contributed by atoms with Crippen LogP contribution in [-0.4, -0.2) is 45.7 Å². The molecule has 1 rings (SSSR count). The van der Waals surface area contributed by atoms with E-state index in [0.29, 0.717) is 0 Å². The molecule has 0 aliphatic heterocycles. The van der Waals surface area contributed by atoms with E-state index in [1.807, 2.05) is 7.05 Å². The maximum absolute atomic E-state index is 6.40. The Kier molecular flexibility index (Phi) is 7.21. The zero-order valence-corrected chi connectivity index (χ0v) is 13.3. The minimum atomic E-state index is 0.847. The van der Waals surface area contributed by atoms with Crippen LogP contribution in [0.2, 0.25) is 5.02 Å². The molecule has 108 valence electrons. The third kappa shape index (κ3) is 5.39. The Balaban J connectivity index is 2.69. The van der Waals surface area contributed by atoms with Crippen molar-refractivity contribution >= 4 is 17.3 Å². The highest BCUT2D eigenvalue weighted by Crippen LogP contribution is 2.27. The number of rotatable bonds is 8. The number of hydrogen-bond acceptors (Lipinski definition) is 3. The predicted molar refractivity (Wildman–Crippen MR) is 85.3 cm³/mol. The van der Waals surface area contributed by atoms with Gasteiger partial charge < -0.3 is 15.1 Å². The van der Waals surface area contributed by atoms with Crippen molar-refractivity contribution < 1.29 is 0 Å². The van der Waals surface area contributed by atoms with Gasteiger partial charge >= 0.3 is 0 Å². The van der Waals surface area contributed by atoms with Gasteiger partial charge in [0, 0.05) is 19.6 Å². The van der Waals surface area contributed by atoms with Gasteiger partial charge in [0.15, 0.2) is 0 Å². The minimum absolute atomic E-state index is 0.847. The van der Waals surface area contributed by atoms with Gasteiger partial charge in [-0.2, -0.15) is 0 Å². The van der Waals surface area contributed by atoms with Crippen molar-refractivity contribution in [1.82, 2.24) is 10.2 Å². The molecule has 0 saturated heterocycles. The Bertz CT molecular complexity index is 380. The summed E-state index contributed by atoms with van der Waals surface area (Å²) in [5.74, 6) is 0. The second kappa shape index (κ2) is 8.41. The minimum Gasteiger partial charge on any atom is -0.371 e. The van der Waals surface area contributed by atoms with Crippen molar-refractivity contribution in [1.29, 1.82) is 0 Å². The predicted octanol–water partition coefficient (Wildman–Crippen LogP) is 2.84. The van der Waals surface area contributed by atoms with Gasteiger partial charge in [-0.3, -0.25) is 0 Å². The molecule has 19 heavy (non-hydrogen) atoms. The van der Waals surface area contributed by atoms with Crippen molar-refractivity contribution in [2.75, 3.05) is 45.7 Å². The van der Waals surface area contributed by atoms with Gasteiger partial charge in [0.1, 0.15) is 0 Å². The first-order valence-corrected chi connectivity index (χ1v) is 7.29. The molecule has 1 aromatic carbocycles. The number of nitrogens with zero attached hydrogens (tertiary/aromatic N) is 2. The first kappa shape index (κ1) is 16.3. The molecule has 0 aromatic heterocycles. The van der Waals surface area contributed by atoms with Crippen LogP contribution in [0.1, 0.15) is 18.9 Å². The summed E-state index contributed by atoms with van der Waals surface area (Å²) in [7, 11) is 6.16. The molecule has 0 spiro atoms. The third-order valence-corrected chi connectivity index (χ3v) is 3.45. The quantitative estimate of drug-likeness (QED) is 0.791. The molecule has 1 N–H and O–H groups in total. The number of benzene rings is 1. The molecule has 0 unspecified atom stereocenters. The molecule has 0 heterocycles. The lowest BCUT2D eigenvalue weighted by molar-refractivity contribution is 0.400. The van der Waals surface area contributed by atoms with E-state index < -0.39 is 0 Å². The number of anilines is 1. The summed E-state index contributed by atoms with van der Waals surface area (Å²) < 4.78 is 0. The highest BCUT2D eigenvalue weighted by molar-refractivity contribution is 6.33. The van der Waals surface area contributed by atoms with Crippen LogP contribution >= 0.6 is 11.6 Å². The van der Waals surface area contributed by atoms with Crippen molar-refractivity contribution in [3.05, 3.63) is 28.8 Å². The second-order valence-corrected chi connectivity index (χ2v) is 5.46. The maximum Gasteiger partial charge on any atom is 0.0642 e. The summed E-state index contributed by atoms with van der Waals surface area (Å²) in [5.41, 5.74) is 2.36. The van der Waals surface area contributed by atoms with Crippen LogP contribution in [0.25, 0.3) is 0 Å². The molecular weight excluding hydrogens is 258 g/mol. The van der Waals surface area contributed by atoms with Crippen molar-refractivity contribution in [2.24, 2.45) is 0 Å². The SMILES string of the molecule is CCN(CCCN(C)C)c1ccc(CNC)cc1Cl. The first-order chi connectivity index (χ1) is 9.08. The fourth-order valence-corrected chi connectivity index (χ4v) is 2.47. The van der Waals surface area contributed by atoms with Crippen LogP contribution in [0.5, 0.6) is 0 Å². The lowest BCUT2D eigenvalue weighted by atomic mass is 10.2. The van der Waals surface area contributed by atoms with E-state index in [1.54, 1.807) is 0 Å². The fourth-order valence-electron chi connectivity index (χ4n) is 2.15. The largest absolute Gasteiger partial charge is 0.371 e. The zero-order valence-electron chi connectivity index (χ0n) is 12.5. The van der Waals surface area contributed by atoms with Gasteiger partial charge in [0.25, 0.3) is 0 Å². The van der Waals surface area contributed by atoms with Gasteiger partial charge in [0.05, 0.1) is 10.7 Å². The fraction of sp³-hybridized carbons (Fsp3) is 0.600. The van der Waals surface area contributed by atoms with Crippen LogP contribution in [0.3, 0.4) is 0 Å². The topological polar surface area (TPSA) is 18.5 Å².